The second-order valence-corrected chi connectivity index (χ2v) is 6.65. The Labute approximate surface area is 152 Å². The van der Waals surface area contributed by atoms with Crippen molar-refractivity contribution >= 4 is 51.0 Å². The van der Waals surface area contributed by atoms with Crippen LogP contribution in [0.15, 0.2) is 18.2 Å². The molecule has 132 valence electrons. The fourth-order valence-corrected chi connectivity index (χ4v) is 3.39. The number of phenolic OH excluding ortho intramolecular Hbond substituents is 1. The Kier molecular flexibility index (Phi) is 5.55. The van der Waals surface area contributed by atoms with E-state index in [1.54, 1.807) is 6.92 Å². The van der Waals surface area contributed by atoms with Crippen LogP contribution in [0.1, 0.15) is 20.8 Å². The van der Waals surface area contributed by atoms with Crippen molar-refractivity contribution < 1.29 is 19.6 Å². The molecule has 0 spiro atoms. The van der Waals surface area contributed by atoms with Gasteiger partial charge in [-0.05, 0) is 37.7 Å². The largest absolute Gasteiger partial charge is 0.506 e. The first-order chi connectivity index (χ1) is 11.7. The summed E-state index contributed by atoms with van der Waals surface area (Å²) in [6, 6.07) is 3.54. The Balaban J connectivity index is 2.24. The number of hydrogen-bond donors (Lipinski definition) is 3. The number of nitro benzene ring substituents is 1. The number of carbonyl (C=O) groups is 1. The maximum Gasteiger partial charge on any atom is 0.341 e. The van der Waals surface area contributed by atoms with E-state index in [9.17, 15) is 20.0 Å². The number of methoxy groups -OCH3 is 1. The standard InChI is InChI=1S/C15H15N3O5S2/c1-7-8(2)25-13(12(7)14(20)23-3)17-15(24)16-10-6-9(18(21)22)4-5-11(10)19/h4-6,19H,1-3H3,(H2,16,17,24). The van der Waals surface area contributed by atoms with Crippen molar-refractivity contribution in [1.82, 2.24) is 0 Å². The summed E-state index contributed by atoms with van der Waals surface area (Å²) in [5.41, 5.74) is 1.04. The van der Waals surface area contributed by atoms with Crippen molar-refractivity contribution in [3.8, 4) is 5.75 Å². The highest BCUT2D eigenvalue weighted by molar-refractivity contribution is 7.80. The Bertz CT molecular complexity index is 863. The predicted octanol–water partition coefficient (Wildman–Crippen LogP) is 3.57. The normalized spacial score (nSPS) is 10.2. The third-order valence-electron chi connectivity index (χ3n) is 3.44. The molecule has 3 N–H and O–H groups in total. The molecule has 8 nitrogen and oxygen atoms in total. The number of carbonyl (C=O) groups excluding carboxylic acids is 1. The molecule has 1 aromatic heterocycles. The molecule has 0 saturated heterocycles. The molecule has 0 fully saturated rings. The Morgan fingerprint density at radius 2 is 2.04 bits per heavy atom. The Hall–Kier alpha value is -2.72. The minimum absolute atomic E-state index is 0.0715. The molecule has 1 heterocycles. The highest BCUT2D eigenvalue weighted by atomic mass is 32.1. The highest BCUT2D eigenvalue weighted by Crippen LogP contribution is 2.33. The van der Waals surface area contributed by atoms with E-state index in [1.165, 1.54) is 30.6 Å². The van der Waals surface area contributed by atoms with Crippen LogP contribution in [0.25, 0.3) is 0 Å². The van der Waals surface area contributed by atoms with Crippen LogP contribution in [-0.4, -0.2) is 28.2 Å². The van der Waals surface area contributed by atoms with E-state index in [2.05, 4.69) is 10.6 Å². The van der Waals surface area contributed by atoms with Crippen molar-refractivity contribution in [2.75, 3.05) is 17.7 Å². The van der Waals surface area contributed by atoms with Gasteiger partial charge in [0.25, 0.3) is 5.69 Å². The van der Waals surface area contributed by atoms with Gasteiger partial charge < -0.3 is 20.5 Å². The Morgan fingerprint density at radius 3 is 2.64 bits per heavy atom. The summed E-state index contributed by atoms with van der Waals surface area (Å²) in [5.74, 6) is -0.688. The van der Waals surface area contributed by atoms with Crippen LogP contribution in [0.5, 0.6) is 5.75 Å². The zero-order valence-electron chi connectivity index (χ0n) is 13.6. The summed E-state index contributed by atoms with van der Waals surface area (Å²) in [5, 5.41) is 26.8. The second-order valence-electron chi connectivity index (χ2n) is 5.02. The van der Waals surface area contributed by atoms with Gasteiger partial charge in [0.05, 0.1) is 23.3 Å². The molecule has 0 amide bonds. The van der Waals surface area contributed by atoms with E-state index >= 15 is 0 Å². The molecule has 2 aromatic rings. The maximum absolute atomic E-state index is 11.9. The fourth-order valence-electron chi connectivity index (χ4n) is 2.06. The van der Waals surface area contributed by atoms with Crippen molar-refractivity contribution in [3.05, 3.63) is 44.3 Å². The highest BCUT2D eigenvalue weighted by Gasteiger charge is 2.21. The minimum Gasteiger partial charge on any atom is -0.506 e. The van der Waals surface area contributed by atoms with Gasteiger partial charge in [0.1, 0.15) is 10.8 Å². The molecule has 25 heavy (non-hydrogen) atoms. The lowest BCUT2D eigenvalue weighted by molar-refractivity contribution is -0.384. The first-order valence-corrected chi connectivity index (χ1v) is 8.20. The van der Waals surface area contributed by atoms with Crippen LogP contribution in [0.3, 0.4) is 0 Å². The van der Waals surface area contributed by atoms with E-state index in [1.807, 2.05) is 6.92 Å². The molecule has 0 aliphatic heterocycles. The van der Waals surface area contributed by atoms with Gasteiger partial charge in [-0.2, -0.15) is 0 Å². The van der Waals surface area contributed by atoms with Gasteiger partial charge in [0, 0.05) is 17.0 Å². The average molecular weight is 381 g/mol. The molecule has 1 aromatic carbocycles. The number of ether oxygens (including phenoxy) is 1. The number of non-ortho nitro benzene ring substituents is 1. The van der Waals surface area contributed by atoms with Crippen molar-refractivity contribution in [3.63, 3.8) is 0 Å². The van der Waals surface area contributed by atoms with Gasteiger partial charge >= 0.3 is 5.97 Å². The first-order valence-electron chi connectivity index (χ1n) is 6.98. The number of thiocarbonyl (C=S) groups is 1. The SMILES string of the molecule is COC(=O)c1c(NC(=S)Nc2cc([N+](=O)[O-])ccc2O)sc(C)c1C. The lowest BCUT2D eigenvalue weighted by Crippen LogP contribution is -2.20. The summed E-state index contributed by atoms with van der Waals surface area (Å²) in [6.07, 6.45) is 0. The minimum atomic E-state index is -0.581. The van der Waals surface area contributed by atoms with E-state index in [4.69, 9.17) is 17.0 Å². The monoisotopic (exact) mass is 381 g/mol. The summed E-state index contributed by atoms with van der Waals surface area (Å²) in [7, 11) is 1.29. The molecular formula is C15H15N3O5S2. The number of hydrogen-bond acceptors (Lipinski definition) is 7. The zero-order valence-corrected chi connectivity index (χ0v) is 15.2. The summed E-state index contributed by atoms with van der Waals surface area (Å²) < 4.78 is 4.78. The number of phenols is 1. The second kappa shape index (κ2) is 7.45. The molecule has 0 aliphatic carbocycles. The van der Waals surface area contributed by atoms with Crippen molar-refractivity contribution in [2.45, 2.75) is 13.8 Å². The van der Waals surface area contributed by atoms with E-state index < -0.39 is 10.9 Å². The Morgan fingerprint density at radius 1 is 1.36 bits per heavy atom. The summed E-state index contributed by atoms with van der Waals surface area (Å²) in [6.45, 7) is 3.66. The molecule has 0 unspecified atom stereocenters. The van der Waals surface area contributed by atoms with E-state index in [0.29, 0.717) is 10.6 Å². The van der Waals surface area contributed by atoms with Gasteiger partial charge in [-0.25, -0.2) is 4.79 Å². The van der Waals surface area contributed by atoms with Gasteiger partial charge in [0.15, 0.2) is 5.11 Å². The number of rotatable bonds is 4. The molecule has 10 heteroatoms. The predicted molar refractivity (Wildman–Crippen MR) is 99.7 cm³/mol. The first kappa shape index (κ1) is 18.6. The smallest absolute Gasteiger partial charge is 0.341 e. The van der Waals surface area contributed by atoms with E-state index in [0.717, 1.165) is 16.5 Å². The van der Waals surface area contributed by atoms with Crippen LogP contribution in [-0.2, 0) is 4.74 Å². The maximum atomic E-state index is 11.9. The molecule has 0 saturated carbocycles. The number of aryl methyl sites for hydroxylation is 1. The van der Waals surface area contributed by atoms with Crippen LogP contribution >= 0.6 is 23.6 Å². The lowest BCUT2D eigenvalue weighted by atomic mass is 10.1. The number of anilines is 2. The van der Waals surface area contributed by atoms with Gasteiger partial charge in [-0.1, -0.05) is 0 Å². The topological polar surface area (TPSA) is 114 Å². The van der Waals surface area contributed by atoms with Gasteiger partial charge in [-0.15, -0.1) is 11.3 Å². The lowest BCUT2D eigenvalue weighted by Gasteiger charge is -2.11. The van der Waals surface area contributed by atoms with Crippen LogP contribution in [0.4, 0.5) is 16.4 Å². The van der Waals surface area contributed by atoms with E-state index in [-0.39, 0.29) is 22.2 Å². The van der Waals surface area contributed by atoms with Gasteiger partial charge in [0.2, 0.25) is 0 Å². The van der Waals surface area contributed by atoms with Crippen LogP contribution in [0, 0.1) is 24.0 Å². The number of nitrogens with zero attached hydrogens (tertiary/aromatic N) is 1. The van der Waals surface area contributed by atoms with Crippen molar-refractivity contribution in [1.29, 1.82) is 0 Å². The molecule has 0 aliphatic rings. The number of esters is 1. The summed E-state index contributed by atoms with van der Waals surface area (Å²) in [4.78, 5) is 23.1. The fraction of sp³-hybridized carbons (Fsp3) is 0.200. The summed E-state index contributed by atoms with van der Waals surface area (Å²) >= 11 is 6.50. The molecule has 0 bridgehead atoms. The average Bonchev–Trinajstić information content (AvgIpc) is 2.82. The zero-order chi connectivity index (χ0) is 18.7. The number of nitro groups is 1. The molecular weight excluding hydrogens is 366 g/mol. The molecule has 2 rings (SSSR count). The number of benzene rings is 1. The van der Waals surface area contributed by atoms with Crippen LogP contribution < -0.4 is 10.6 Å². The quantitative estimate of drug-likeness (QED) is 0.242. The third kappa shape index (κ3) is 4.03. The third-order valence-corrected chi connectivity index (χ3v) is 4.77. The molecule has 0 atom stereocenters. The number of nitrogens with one attached hydrogen (secondary N) is 2. The number of aromatic hydroxyl groups is 1. The van der Waals surface area contributed by atoms with Crippen molar-refractivity contribution in [2.24, 2.45) is 0 Å². The number of thiophene rings is 1. The molecule has 0 radical (unpaired) electrons. The van der Waals surface area contributed by atoms with Crippen LogP contribution in [0.2, 0.25) is 0 Å². The van der Waals surface area contributed by atoms with Gasteiger partial charge in [-0.3, -0.25) is 10.1 Å².